The van der Waals surface area contributed by atoms with E-state index in [4.69, 9.17) is 4.74 Å². The van der Waals surface area contributed by atoms with Crippen LogP contribution in [0.4, 0.5) is 0 Å². The molecule has 0 aromatic heterocycles. The summed E-state index contributed by atoms with van der Waals surface area (Å²) in [7, 11) is 5.53. The number of carbonyl (C=O) groups excluding carboxylic acids is 1. The number of likely N-dealkylation sites (N-methyl/N-ethyl adjacent to an activating group) is 2. The van der Waals surface area contributed by atoms with Gasteiger partial charge in [-0.2, -0.15) is 0 Å². The normalized spacial score (nSPS) is 13.4. The van der Waals surface area contributed by atoms with Gasteiger partial charge in [-0.1, -0.05) is 56.3 Å². The van der Waals surface area contributed by atoms with Crippen LogP contribution in [-0.2, 0) is 4.79 Å². The van der Waals surface area contributed by atoms with Crippen LogP contribution in [0.15, 0.2) is 54.6 Å². The summed E-state index contributed by atoms with van der Waals surface area (Å²) in [6.45, 7) is 6.69. The van der Waals surface area contributed by atoms with Crippen LogP contribution >= 0.6 is 0 Å². The molecular weight excluding hydrogens is 350 g/mol. The van der Waals surface area contributed by atoms with Gasteiger partial charge in [0.15, 0.2) is 0 Å². The molecule has 0 aliphatic carbocycles. The molecule has 28 heavy (non-hydrogen) atoms. The molecule has 1 amide bonds. The summed E-state index contributed by atoms with van der Waals surface area (Å²) in [5.41, 5.74) is 2.17. The SMILES string of the molecule is CCN(CC)C(CNC(=O)C(c1ccccc1)N(C)C)c1ccc(OC)cc1. The molecule has 1 N–H and O–H groups in total. The van der Waals surface area contributed by atoms with Gasteiger partial charge in [-0.3, -0.25) is 14.6 Å². The average Bonchev–Trinajstić information content (AvgIpc) is 2.72. The Bertz CT molecular complexity index is 712. The highest BCUT2D eigenvalue weighted by molar-refractivity contribution is 5.83. The summed E-state index contributed by atoms with van der Waals surface area (Å²) in [4.78, 5) is 17.3. The lowest BCUT2D eigenvalue weighted by molar-refractivity contribution is -0.126. The molecule has 0 bridgehead atoms. The first-order valence-corrected chi connectivity index (χ1v) is 9.88. The van der Waals surface area contributed by atoms with Crippen molar-refractivity contribution in [2.45, 2.75) is 25.9 Å². The van der Waals surface area contributed by atoms with Gasteiger partial charge < -0.3 is 10.1 Å². The maximum atomic E-state index is 13.0. The first-order valence-electron chi connectivity index (χ1n) is 9.88. The maximum Gasteiger partial charge on any atom is 0.242 e. The Labute approximate surface area is 169 Å². The van der Waals surface area contributed by atoms with Crippen molar-refractivity contribution in [3.05, 3.63) is 65.7 Å². The van der Waals surface area contributed by atoms with Gasteiger partial charge in [0.1, 0.15) is 11.8 Å². The Balaban J connectivity index is 2.17. The molecule has 0 heterocycles. The van der Waals surface area contributed by atoms with E-state index >= 15 is 0 Å². The Hall–Kier alpha value is -2.37. The van der Waals surface area contributed by atoms with Gasteiger partial charge in [-0.05, 0) is 50.4 Å². The fourth-order valence-corrected chi connectivity index (χ4v) is 3.56. The van der Waals surface area contributed by atoms with Crippen molar-refractivity contribution in [2.24, 2.45) is 0 Å². The molecule has 2 rings (SSSR count). The second kappa shape index (κ2) is 10.8. The molecule has 2 atom stereocenters. The summed E-state index contributed by atoms with van der Waals surface area (Å²) < 4.78 is 5.28. The minimum absolute atomic E-state index is 0.0156. The summed E-state index contributed by atoms with van der Waals surface area (Å²) in [6, 6.07) is 17.8. The number of nitrogens with zero attached hydrogens (tertiary/aromatic N) is 2. The highest BCUT2D eigenvalue weighted by atomic mass is 16.5. The molecule has 2 aromatic rings. The molecule has 5 heteroatoms. The first-order chi connectivity index (χ1) is 13.5. The number of carbonyl (C=O) groups is 1. The van der Waals surface area contributed by atoms with Gasteiger partial charge in [-0.25, -0.2) is 0 Å². The second-order valence-corrected chi connectivity index (χ2v) is 7.03. The molecule has 0 aliphatic rings. The van der Waals surface area contributed by atoms with E-state index in [1.54, 1.807) is 7.11 Å². The van der Waals surface area contributed by atoms with E-state index in [9.17, 15) is 4.79 Å². The van der Waals surface area contributed by atoms with Crippen LogP contribution < -0.4 is 10.1 Å². The van der Waals surface area contributed by atoms with E-state index < -0.39 is 0 Å². The Kier molecular flexibility index (Phi) is 8.48. The van der Waals surface area contributed by atoms with Crippen molar-refractivity contribution in [3.63, 3.8) is 0 Å². The molecule has 0 saturated heterocycles. The molecule has 0 spiro atoms. The van der Waals surface area contributed by atoms with E-state index in [1.807, 2.05) is 61.5 Å². The third kappa shape index (κ3) is 5.57. The van der Waals surface area contributed by atoms with Crippen LogP contribution in [0.2, 0.25) is 0 Å². The van der Waals surface area contributed by atoms with Crippen LogP contribution in [0.25, 0.3) is 0 Å². The van der Waals surface area contributed by atoms with E-state index in [0.717, 1.165) is 24.4 Å². The van der Waals surface area contributed by atoms with E-state index in [0.29, 0.717) is 6.54 Å². The number of hydrogen-bond donors (Lipinski definition) is 1. The summed E-state index contributed by atoms with van der Waals surface area (Å²) >= 11 is 0. The number of benzene rings is 2. The molecule has 0 aliphatic heterocycles. The van der Waals surface area contributed by atoms with Crippen molar-refractivity contribution in [3.8, 4) is 5.75 Å². The van der Waals surface area contributed by atoms with Crippen LogP contribution in [0.3, 0.4) is 0 Å². The van der Waals surface area contributed by atoms with Crippen LogP contribution in [0, 0.1) is 0 Å². The minimum atomic E-state index is -0.311. The van der Waals surface area contributed by atoms with Gasteiger partial charge in [-0.15, -0.1) is 0 Å². The Morgan fingerprint density at radius 1 is 0.964 bits per heavy atom. The summed E-state index contributed by atoms with van der Waals surface area (Å²) in [5, 5.41) is 3.19. The zero-order valence-electron chi connectivity index (χ0n) is 17.7. The van der Waals surface area contributed by atoms with Crippen molar-refractivity contribution in [1.82, 2.24) is 15.1 Å². The van der Waals surface area contributed by atoms with Crippen molar-refractivity contribution in [1.29, 1.82) is 0 Å². The summed E-state index contributed by atoms with van der Waals surface area (Å²) in [6.07, 6.45) is 0. The molecular formula is C23H33N3O2. The number of ether oxygens (including phenoxy) is 1. The fraction of sp³-hybridized carbons (Fsp3) is 0.435. The van der Waals surface area contributed by atoms with E-state index in [2.05, 4.69) is 36.2 Å². The number of rotatable bonds is 10. The second-order valence-electron chi connectivity index (χ2n) is 7.03. The lowest BCUT2D eigenvalue weighted by Crippen LogP contribution is -2.42. The first kappa shape index (κ1) is 21.9. The third-order valence-corrected chi connectivity index (χ3v) is 5.10. The highest BCUT2D eigenvalue weighted by Gasteiger charge is 2.25. The van der Waals surface area contributed by atoms with Gasteiger partial charge in [0, 0.05) is 6.54 Å². The molecule has 5 nitrogen and oxygen atoms in total. The zero-order valence-corrected chi connectivity index (χ0v) is 17.7. The highest BCUT2D eigenvalue weighted by Crippen LogP contribution is 2.24. The van der Waals surface area contributed by atoms with Crippen LogP contribution in [-0.4, -0.2) is 56.5 Å². The third-order valence-electron chi connectivity index (χ3n) is 5.10. The lowest BCUT2D eigenvalue weighted by atomic mass is 10.0. The molecule has 2 unspecified atom stereocenters. The molecule has 0 radical (unpaired) electrons. The fourth-order valence-electron chi connectivity index (χ4n) is 3.56. The monoisotopic (exact) mass is 383 g/mol. The molecule has 0 fully saturated rings. The van der Waals surface area contributed by atoms with Crippen molar-refractivity contribution < 1.29 is 9.53 Å². The van der Waals surface area contributed by atoms with Crippen molar-refractivity contribution in [2.75, 3.05) is 40.8 Å². The predicted molar refractivity (Wildman–Crippen MR) is 115 cm³/mol. The largest absolute Gasteiger partial charge is 0.497 e. The number of amides is 1. The van der Waals surface area contributed by atoms with Gasteiger partial charge in [0.2, 0.25) is 5.91 Å². The van der Waals surface area contributed by atoms with Gasteiger partial charge >= 0.3 is 0 Å². The standard InChI is InChI=1S/C23H33N3O2/c1-6-26(7-2)21(18-13-15-20(28-5)16-14-18)17-24-23(27)22(25(3)4)19-11-9-8-10-12-19/h8-16,21-22H,6-7,17H2,1-5H3,(H,24,27). The van der Waals surface area contributed by atoms with Gasteiger partial charge in [0.25, 0.3) is 0 Å². The maximum absolute atomic E-state index is 13.0. The number of methoxy groups -OCH3 is 1. The average molecular weight is 384 g/mol. The Morgan fingerprint density at radius 2 is 1.57 bits per heavy atom. The molecule has 0 saturated carbocycles. The zero-order chi connectivity index (χ0) is 20.5. The number of hydrogen-bond acceptors (Lipinski definition) is 4. The molecule has 2 aromatic carbocycles. The number of nitrogens with one attached hydrogen (secondary N) is 1. The quantitative estimate of drug-likeness (QED) is 0.682. The van der Waals surface area contributed by atoms with Crippen LogP contribution in [0.5, 0.6) is 5.75 Å². The van der Waals surface area contributed by atoms with Gasteiger partial charge in [0.05, 0.1) is 13.2 Å². The lowest BCUT2D eigenvalue weighted by Gasteiger charge is -2.31. The Morgan fingerprint density at radius 3 is 2.07 bits per heavy atom. The molecule has 152 valence electrons. The van der Waals surface area contributed by atoms with E-state index in [-0.39, 0.29) is 18.0 Å². The summed E-state index contributed by atoms with van der Waals surface area (Å²) in [5.74, 6) is 0.852. The van der Waals surface area contributed by atoms with E-state index in [1.165, 1.54) is 5.56 Å². The minimum Gasteiger partial charge on any atom is -0.497 e. The smallest absolute Gasteiger partial charge is 0.242 e. The van der Waals surface area contributed by atoms with Crippen molar-refractivity contribution >= 4 is 5.91 Å². The van der Waals surface area contributed by atoms with Crippen LogP contribution in [0.1, 0.15) is 37.1 Å². The predicted octanol–water partition coefficient (Wildman–Crippen LogP) is 3.50. The topological polar surface area (TPSA) is 44.8 Å².